The highest BCUT2D eigenvalue weighted by Crippen LogP contribution is 2.44. The Morgan fingerprint density at radius 3 is 2.16 bits per heavy atom. The molecule has 0 atom stereocenters. The molecule has 2 heteroatoms. The van der Waals surface area contributed by atoms with Crippen molar-refractivity contribution in [2.45, 2.75) is 6.92 Å². The Bertz CT molecular complexity index is 1540. The van der Waals surface area contributed by atoms with Crippen molar-refractivity contribution in [1.29, 1.82) is 0 Å². The maximum atomic E-state index is 3.71. The number of rotatable bonds is 3. The molecule has 0 bridgehead atoms. The van der Waals surface area contributed by atoms with Crippen LogP contribution >= 0.6 is 11.3 Å². The van der Waals surface area contributed by atoms with Crippen LogP contribution < -0.4 is 5.32 Å². The van der Waals surface area contributed by atoms with Crippen molar-refractivity contribution >= 4 is 53.7 Å². The quantitative estimate of drug-likeness (QED) is 0.304. The highest BCUT2D eigenvalue weighted by Gasteiger charge is 2.14. The highest BCUT2D eigenvalue weighted by molar-refractivity contribution is 7.26. The molecule has 0 spiro atoms. The summed E-state index contributed by atoms with van der Waals surface area (Å²) in [5.41, 5.74) is 6.07. The van der Waals surface area contributed by atoms with Gasteiger partial charge in [-0.2, -0.15) is 0 Å². The summed E-state index contributed by atoms with van der Waals surface area (Å²) >= 11 is 1.89. The molecule has 0 saturated carbocycles. The van der Waals surface area contributed by atoms with Crippen LogP contribution in [0.4, 0.5) is 11.4 Å². The maximum Gasteiger partial charge on any atom is 0.0597 e. The molecule has 148 valence electrons. The minimum Gasteiger partial charge on any atom is -0.354 e. The first-order valence-corrected chi connectivity index (χ1v) is 11.4. The Kier molecular flexibility index (Phi) is 4.26. The normalized spacial score (nSPS) is 11.4. The Labute approximate surface area is 185 Å². The first-order chi connectivity index (χ1) is 15.3. The summed E-state index contributed by atoms with van der Waals surface area (Å²) in [4.78, 5) is 0. The van der Waals surface area contributed by atoms with Crippen LogP contribution in [0.1, 0.15) is 5.56 Å². The van der Waals surface area contributed by atoms with Gasteiger partial charge in [-0.1, -0.05) is 84.9 Å². The minimum atomic E-state index is 1.10. The Balaban J connectivity index is 1.51. The van der Waals surface area contributed by atoms with Crippen LogP contribution in [0, 0.1) is 6.92 Å². The van der Waals surface area contributed by atoms with Crippen LogP contribution in [0.5, 0.6) is 0 Å². The summed E-state index contributed by atoms with van der Waals surface area (Å²) in [5, 5.41) is 8.99. The Hall–Kier alpha value is -3.62. The molecule has 0 saturated heterocycles. The van der Waals surface area contributed by atoms with E-state index < -0.39 is 0 Å². The fourth-order valence-electron chi connectivity index (χ4n) is 4.41. The number of thiophene rings is 1. The summed E-state index contributed by atoms with van der Waals surface area (Å²) in [5.74, 6) is 0. The van der Waals surface area contributed by atoms with Gasteiger partial charge in [0.05, 0.1) is 10.4 Å². The van der Waals surface area contributed by atoms with E-state index in [-0.39, 0.29) is 0 Å². The zero-order chi connectivity index (χ0) is 20.8. The van der Waals surface area contributed by atoms with E-state index in [4.69, 9.17) is 0 Å². The highest BCUT2D eigenvalue weighted by atomic mass is 32.1. The summed E-state index contributed by atoms with van der Waals surface area (Å²) < 4.78 is 2.69. The maximum absolute atomic E-state index is 3.71. The van der Waals surface area contributed by atoms with Gasteiger partial charge in [-0.15, -0.1) is 11.3 Å². The van der Waals surface area contributed by atoms with Gasteiger partial charge in [0.1, 0.15) is 0 Å². The minimum absolute atomic E-state index is 1.10. The Morgan fingerprint density at radius 1 is 0.613 bits per heavy atom. The molecule has 0 amide bonds. The lowest BCUT2D eigenvalue weighted by molar-refractivity contribution is 1.56. The van der Waals surface area contributed by atoms with Gasteiger partial charge in [0, 0.05) is 21.2 Å². The van der Waals surface area contributed by atoms with E-state index in [0.717, 1.165) is 5.69 Å². The molecule has 5 aromatic carbocycles. The summed E-state index contributed by atoms with van der Waals surface area (Å²) in [6.07, 6.45) is 0. The van der Waals surface area contributed by atoms with Crippen molar-refractivity contribution in [2.24, 2.45) is 0 Å². The number of benzene rings is 5. The summed E-state index contributed by atoms with van der Waals surface area (Å²) in [6.45, 7) is 2.20. The molecule has 31 heavy (non-hydrogen) atoms. The summed E-state index contributed by atoms with van der Waals surface area (Å²) in [7, 11) is 0. The first kappa shape index (κ1) is 18.2. The van der Waals surface area contributed by atoms with Gasteiger partial charge in [-0.05, 0) is 52.6 Å². The second-order valence-corrected chi connectivity index (χ2v) is 8.99. The van der Waals surface area contributed by atoms with Gasteiger partial charge < -0.3 is 5.32 Å². The third-order valence-corrected chi connectivity index (χ3v) is 7.33. The van der Waals surface area contributed by atoms with Crippen LogP contribution in [0.3, 0.4) is 0 Å². The molecule has 0 fully saturated rings. The topological polar surface area (TPSA) is 12.0 Å². The molecule has 0 unspecified atom stereocenters. The van der Waals surface area contributed by atoms with Gasteiger partial charge in [0.25, 0.3) is 0 Å². The molecule has 6 rings (SSSR count). The first-order valence-electron chi connectivity index (χ1n) is 10.5. The predicted molar refractivity (Wildman–Crippen MR) is 137 cm³/mol. The zero-order valence-corrected chi connectivity index (χ0v) is 18.0. The Morgan fingerprint density at radius 2 is 1.32 bits per heavy atom. The number of aryl methyl sites for hydroxylation is 1. The molecule has 6 aromatic rings. The van der Waals surface area contributed by atoms with Crippen LogP contribution in [0.25, 0.3) is 42.1 Å². The third-order valence-electron chi connectivity index (χ3n) is 5.96. The van der Waals surface area contributed by atoms with Gasteiger partial charge in [-0.25, -0.2) is 0 Å². The number of nitrogens with one attached hydrogen (secondary N) is 1. The zero-order valence-electron chi connectivity index (χ0n) is 17.2. The number of anilines is 2. The third kappa shape index (κ3) is 3.08. The van der Waals surface area contributed by atoms with Crippen LogP contribution in [0.15, 0.2) is 103 Å². The van der Waals surface area contributed by atoms with Crippen molar-refractivity contribution in [3.63, 3.8) is 0 Å². The van der Waals surface area contributed by atoms with E-state index in [0.29, 0.717) is 0 Å². The molecule has 1 aromatic heterocycles. The monoisotopic (exact) mass is 415 g/mol. The van der Waals surface area contributed by atoms with Crippen molar-refractivity contribution in [3.8, 4) is 11.1 Å². The fraction of sp³-hybridized carbons (Fsp3) is 0.0345. The van der Waals surface area contributed by atoms with E-state index in [1.165, 1.54) is 53.3 Å². The number of fused-ring (bicyclic) bond motifs is 5. The van der Waals surface area contributed by atoms with Crippen molar-refractivity contribution in [3.05, 3.63) is 109 Å². The average molecular weight is 416 g/mol. The van der Waals surface area contributed by atoms with Crippen molar-refractivity contribution in [2.75, 3.05) is 5.32 Å². The lowest BCUT2D eigenvalue weighted by Gasteiger charge is -2.11. The van der Waals surface area contributed by atoms with Crippen molar-refractivity contribution < 1.29 is 0 Å². The lowest BCUT2D eigenvalue weighted by Crippen LogP contribution is -1.91. The molecule has 0 aliphatic heterocycles. The molecule has 0 aliphatic rings. The van der Waals surface area contributed by atoms with Crippen LogP contribution in [0.2, 0.25) is 0 Å². The number of hydrogen-bond acceptors (Lipinski definition) is 2. The molecule has 1 N–H and O–H groups in total. The predicted octanol–water partition coefficient (Wildman–Crippen LogP) is 8.93. The fourth-order valence-corrected chi connectivity index (χ4v) is 5.67. The van der Waals surface area contributed by atoms with Gasteiger partial charge in [-0.3, -0.25) is 0 Å². The lowest BCUT2D eigenvalue weighted by atomic mass is 10.0. The molecule has 0 radical (unpaired) electrons. The van der Waals surface area contributed by atoms with E-state index in [1.807, 2.05) is 11.3 Å². The van der Waals surface area contributed by atoms with E-state index in [1.54, 1.807) is 0 Å². The molecule has 0 aliphatic carbocycles. The van der Waals surface area contributed by atoms with E-state index in [9.17, 15) is 0 Å². The van der Waals surface area contributed by atoms with Crippen LogP contribution in [-0.2, 0) is 0 Å². The largest absolute Gasteiger partial charge is 0.354 e. The van der Waals surface area contributed by atoms with Gasteiger partial charge in [0.2, 0.25) is 0 Å². The van der Waals surface area contributed by atoms with Gasteiger partial charge in [0.15, 0.2) is 0 Å². The molecular weight excluding hydrogens is 394 g/mol. The van der Waals surface area contributed by atoms with E-state index >= 15 is 0 Å². The standard InChI is InChI=1S/C29H21NS/c1-19-8-7-13-25-27-24-12-6-5-11-22(24)18-26(29(27)31-28(19)25)30-23-16-14-21(15-17-23)20-9-3-2-4-10-20/h2-18,30H,1H3. The van der Waals surface area contributed by atoms with Crippen molar-refractivity contribution in [1.82, 2.24) is 0 Å². The SMILES string of the molecule is Cc1cccc2c1sc1c(Nc3ccc(-c4ccccc4)cc3)cc3ccccc3c12. The molecular formula is C29H21NS. The second-order valence-electron chi connectivity index (χ2n) is 7.97. The summed E-state index contributed by atoms with van der Waals surface area (Å²) in [6, 6.07) is 36.8. The average Bonchev–Trinajstić information content (AvgIpc) is 3.22. The molecule has 1 nitrogen and oxygen atoms in total. The van der Waals surface area contributed by atoms with Crippen LogP contribution in [-0.4, -0.2) is 0 Å². The molecule has 1 heterocycles. The number of hydrogen-bond donors (Lipinski definition) is 1. The van der Waals surface area contributed by atoms with Gasteiger partial charge >= 0.3 is 0 Å². The van der Waals surface area contributed by atoms with E-state index in [2.05, 4.69) is 115 Å². The smallest absolute Gasteiger partial charge is 0.0597 e. The second kappa shape index (κ2) is 7.26.